The number of hydrogen-bond acceptors (Lipinski definition) is 5. The highest BCUT2D eigenvalue weighted by atomic mass is 31.2. The number of likely N-dealkylation sites (N-methyl/N-ethyl adjacent to an activating group) is 1. The minimum Gasteiger partial charge on any atom is -0.387 e. The van der Waals surface area contributed by atoms with Gasteiger partial charge in [-0.15, -0.1) is 0 Å². The number of carbonyl (C=O) groups excluding carboxylic acids is 1. The Labute approximate surface area is 346 Å². The lowest BCUT2D eigenvalue weighted by atomic mass is 10.1. The van der Waals surface area contributed by atoms with Crippen molar-refractivity contribution in [3.8, 4) is 0 Å². The number of nitrogens with zero attached hydrogens (tertiary/aromatic N) is 1. The van der Waals surface area contributed by atoms with Gasteiger partial charge in [-0.05, 0) is 70.6 Å². The van der Waals surface area contributed by atoms with Crippen LogP contribution in [0.2, 0.25) is 0 Å². The molecule has 0 fully saturated rings. The highest BCUT2D eigenvalue weighted by molar-refractivity contribution is 7.47. The number of rotatable bonds is 41. The number of phosphoric acid groups is 1. The summed E-state index contributed by atoms with van der Waals surface area (Å²) < 4.78 is 23.5. The largest absolute Gasteiger partial charge is 0.472 e. The molecule has 56 heavy (non-hydrogen) atoms. The predicted molar refractivity (Wildman–Crippen MR) is 240 cm³/mol. The molecule has 328 valence electrons. The molecule has 0 bridgehead atoms. The molecule has 1 amide bonds. The van der Waals surface area contributed by atoms with Crippen molar-refractivity contribution in [1.82, 2.24) is 5.32 Å². The Morgan fingerprint density at radius 2 is 0.982 bits per heavy atom. The molecule has 3 unspecified atom stereocenters. The van der Waals surface area contributed by atoms with Crippen molar-refractivity contribution < 1.29 is 32.9 Å². The minimum absolute atomic E-state index is 0.0517. The summed E-state index contributed by atoms with van der Waals surface area (Å²) in [5.41, 5.74) is 0. The van der Waals surface area contributed by atoms with Gasteiger partial charge in [-0.1, -0.05) is 165 Å². The molecular formula is C47H90N2O6P+. The van der Waals surface area contributed by atoms with E-state index in [1.54, 1.807) is 6.08 Å². The summed E-state index contributed by atoms with van der Waals surface area (Å²) in [7, 11) is 1.54. The average Bonchev–Trinajstić information content (AvgIpc) is 3.15. The molecule has 0 radical (unpaired) electrons. The molecule has 0 rings (SSSR count). The first-order valence-corrected chi connectivity index (χ1v) is 24.5. The third-order valence-electron chi connectivity index (χ3n) is 10.00. The quantitative estimate of drug-likeness (QED) is 0.0246. The second kappa shape index (κ2) is 38.9. The monoisotopic (exact) mass is 810 g/mol. The van der Waals surface area contributed by atoms with Gasteiger partial charge in [-0.3, -0.25) is 13.8 Å². The molecule has 0 saturated heterocycles. The topological polar surface area (TPSA) is 105 Å². The standard InChI is InChI=1S/C47H89N2O6P/c1-6-8-10-12-14-16-18-20-22-23-24-25-26-27-29-31-33-35-37-39-41-47(51)48-45(44-55-56(52,53)54-43-42-49(3,4)5)46(50)40-38-36-34-32-30-28-21-19-17-15-13-11-9-7-2/h17,19,24-25,30,32,38,40,45-46,50H,6-16,18,20-23,26-29,31,33-37,39,41-44H2,1-5H3,(H-,48,51,52,53)/p+1/b19-17+,25-24-,32-30+,40-38+. The number of amides is 1. The molecule has 3 atom stereocenters. The molecule has 0 aliphatic carbocycles. The molecule has 0 aliphatic heterocycles. The number of hydrogen-bond donors (Lipinski definition) is 3. The Bertz CT molecular complexity index is 1050. The lowest BCUT2D eigenvalue weighted by Crippen LogP contribution is -2.45. The summed E-state index contributed by atoms with van der Waals surface area (Å²) in [6.45, 7) is 4.75. The first-order chi connectivity index (χ1) is 27.0. The molecule has 0 aromatic carbocycles. The van der Waals surface area contributed by atoms with Gasteiger partial charge in [0, 0.05) is 6.42 Å². The maximum absolute atomic E-state index is 12.9. The van der Waals surface area contributed by atoms with Crippen molar-refractivity contribution in [2.24, 2.45) is 0 Å². The Kier molecular flexibility index (Phi) is 37.9. The van der Waals surface area contributed by atoms with Crippen LogP contribution in [-0.4, -0.2) is 73.4 Å². The second-order valence-electron chi connectivity index (χ2n) is 16.8. The van der Waals surface area contributed by atoms with Gasteiger partial charge in [0.1, 0.15) is 13.2 Å². The smallest absolute Gasteiger partial charge is 0.387 e. The number of aliphatic hydroxyl groups is 1. The minimum atomic E-state index is -4.35. The summed E-state index contributed by atoms with van der Waals surface area (Å²) in [6.07, 6.45) is 49.0. The summed E-state index contributed by atoms with van der Waals surface area (Å²) in [5.74, 6) is -0.197. The van der Waals surface area contributed by atoms with Crippen molar-refractivity contribution in [3.05, 3.63) is 48.6 Å². The van der Waals surface area contributed by atoms with Gasteiger partial charge in [0.25, 0.3) is 0 Å². The van der Waals surface area contributed by atoms with E-state index in [1.165, 1.54) is 128 Å². The molecule has 0 saturated carbocycles. The molecule has 0 aliphatic rings. The number of unbranched alkanes of at least 4 members (excludes halogenated alkanes) is 22. The fourth-order valence-corrected chi connectivity index (χ4v) is 7.04. The highest BCUT2D eigenvalue weighted by Gasteiger charge is 2.27. The predicted octanol–water partition coefficient (Wildman–Crippen LogP) is 12.9. The molecule has 0 aromatic rings. The van der Waals surface area contributed by atoms with Crippen LogP contribution in [0.15, 0.2) is 48.6 Å². The molecule has 3 N–H and O–H groups in total. The van der Waals surface area contributed by atoms with Gasteiger partial charge < -0.3 is 19.8 Å². The molecule has 0 aromatic heterocycles. The van der Waals surface area contributed by atoms with Crippen molar-refractivity contribution in [2.45, 2.75) is 206 Å². The van der Waals surface area contributed by atoms with Crippen molar-refractivity contribution in [2.75, 3.05) is 40.9 Å². The number of aliphatic hydroxyl groups excluding tert-OH is 1. The van der Waals surface area contributed by atoms with Crippen LogP contribution >= 0.6 is 7.82 Å². The summed E-state index contributed by atoms with van der Waals surface area (Å²) in [4.78, 5) is 23.1. The van der Waals surface area contributed by atoms with E-state index >= 15 is 0 Å². The van der Waals surface area contributed by atoms with E-state index in [0.717, 1.165) is 44.9 Å². The van der Waals surface area contributed by atoms with Gasteiger partial charge in [0.2, 0.25) is 5.91 Å². The second-order valence-corrected chi connectivity index (χ2v) is 18.2. The fourth-order valence-electron chi connectivity index (χ4n) is 6.30. The van der Waals surface area contributed by atoms with E-state index in [1.807, 2.05) is 27.2 Å². The average molecular weight is 810 g/mol. The van der Waals surface area contributed by atoms with E-state index < -0.39 is 20.0 Å². The van der Waals surface area contributed by atoms with E-state index in [-0.39, 0.29) is 19.1 Å². The lowest BCUT2D eigenvalue weighted by Gasteiger charge is -2.25. The summed E-state index contributed by atoms with van der Waals surface area (Å²) >= 11 is 0. The van der Waals surface area contributed by atoms with Crippen LogP contribution < -0.4 is 5.32 Å². The first kappa shape index (κ1) is 54.5. The zero-order valence-corrected chi connectivity index (χ0v) is 38.0. The van der Waals surface area contributed by atoms with Gasteiger partial charge in [-0.2, -0.15) is 0 Å². The van der Waals surface area contributed by atoms with Crippen LogP contribution in [0.4, 0.5) is 0 Å². The summed E-state index contributed by atoms with van der Waals surface area (Å²) in [5, 5.41) is 13.8. The first-order valence-electron chi connectivity index (χ1n) is 23.0. The molecule has 0 spiro atoms. The zero-order valence-electron chi connectivity index (χ0n) is 37.1. The Morgan fingerprint density at radius 1 is 0.589 bits per heavy atom. The molecule has 9 heteroatoms. The number of allylic oxidation sites excluding steroid dienone is 7. The Hall–Kier alpha value is -1.54. The van der Waals surface area contributed by atoms with E-state index in [9.17, 15) is 19.4 Å². The van der Waals surface area contributed by atoms with Crippen molar-refractivity contribution in [3.63, 3.8) is 0 Å². The van der Waals surface area contributed by atoms with E-state index in [2.05, 4.69) is 55.6 Å². The third kappa shape index (κ3) is 40.6. The van der Waals surface area contributed by atoms with Gasteiger partial charge in [0.15, 0.2) is 0 Å². The highest BCUT2D eigenvalue weighted by Crippen LogP contribution is 2.43. The van der Waals surface area contributed by atoms with Gasteiger partial charge >= 0.3 is 7.82 Å². The lowest BCUT2D eigenvalue weighted by molar-refractivity contribution is -0.870. The van der Waals surface area contributed by atoms with Crippen LogP contribution in [0.25, 0.3) is 0 Å². The summed E-state index contributed by atoms with van der Waals surface area (Å²) in [6, 6.07) is -0.871. The maximum Gasteiger partial charge on any atom is 0.472 e. The number of quaternary nitrogens is 1. The van der Waals surface area contributed by atoms with Crippen LogP contribution in [-0.2, 0) is 18.4 Å². The van der Waals surface area contributed by atoms with Crippen LogP contribution in [0.1, 0.15) is 194 Å². The molecule has 8 nitrogen and oxygen atoms in total. The van der Waals surface area contributed by atoms with Gasteiger partial charge in [-0.25, -0.2) is 4.57 Å². The van der Waals surface area contributed by atoms with Crippen molar-refractivity contribution >= 4 is 13.7 Å². The van der Waals surface area contributed by atoms with E-state index in [4.69, 9.17) is 9.05 Å². The Morgan fingerprint density at radius 3 is 1.45 bits per heavy atom. The van der Waals surface area contributed by atoms with Crippen molar-refractivity contribution in [1.29, 1.82) is 0 Å². The normalized spacial score (nSPS) is 14.8. The number of nitrogens with one attached hydrogen (secondary N) is 1. The fraction of sp³-hybridized carbons (Fsp3) is 0.809. The molecule has 0 heterocycles. The van der Waals surface area contributed by atoms with E-state index in [0.29, 0.717) is 17.4 Å². The van der Waals surface area contributed by atoms with Crippen LogP contribution in [0.3, 0.4) is 0 Å². The van der Waals surface area contributed by atoms with Crippen LogP contribution in [0, 0.1) is 0 Å². The molecular weight excluding hydrogens is 719 g/mol. The number of carbonyl (C=O) groups is 1. The SMILES string of the molecule is CCCCCC/C=C/CC/C=C/CC/C=C/C(O)C(COP(=O)(O)OCC[N+](C)(C)C)NC(=O)CCCCCCCCC/C=C\CCCCCCCCCCC. The third-order valence-corrected chi connectivity index (χ3v) is 11.0. The number of phosphoric ester groups is 1. The zero-order chi connectivity index (χ0) is 41.4. The Balaban J connectivity index is 4.43. The maximum atomic E-state index is 12.9. The van der Waals surface area contributed by atoms with Crippen LogP contribution in [0.5, 0.6) is 0 Å². The van der Waals surface area contributed by atoms with Gasteiger partial charge in [0.05, 0.1) is 39.9 Å².